The van der Waals surface area contributed by atoms with E-state index in [1.807, 2.05) is 25.9 Å². The van der Waals surface area contributed by atoms with Gasteiger partial charge in [0.15, 0.2) is 0 Å². The summed E-state index contributed by atoms with van der Waals surface area (Å²) in [6.07, 6.45) is 0. The summed E-state index contributed by atoms with van der Waals surface area (Å²) >= 11 is 0. The maximum Gasteiger partial charge on any atom is 0.231 e. The second-order valence-electron chi connectivity index (χ2n) is 5.62. The molecule has 0 fully saturated rings. The van der Waals surface area contributed by atoms with E-state index in [4.69, 9.17) is 0 Å². The van der Waals surface area contributed by atoms with Crippen molar-refractivity contribution in [1.29, 1.82) is 0 Å². The highest BCUT2D eigenvalue weighted by Gasteiger charge is 2.12. The van der Waals surface area contributed by atoms with Gasteiger partial charge in [-0.1, -0.05) is 20.8 Å². The summed E-state index contributed by atoms with van der Waals surface area (Å²) in [6, 6.07) is 0. The summed E-state index contributed by atoms with van der Waals surface area (Å²) in [5, 5.41) is 6.36. The van der Waals surface area contributed by atoms with Crippen LogP contribution in [0.3, 0.4) is 0 Å². The number of hydrogen-bond acceptors (Lipinski definition) is 6. The van der Waals surface area contributed by atoms with E-state index in [1.165, 1.54) is 0 Å². The molecule has 0 amide bonds. The average Bonchev–Trinajstić information content (AvgIpc) is 2.25. The highest BCUT2D eigenvalue weighted by molar-refractivity contribution is 5.42. The van der Waals surface area contributed by atoms with Crippen LogP contribution in [-0.2, 0) is 0 Å². The van der Waals surface area contributed by atoms with Gasteiger partial charge < -0.3 is 15.5 Å². The zero-order chi connectivity index (χ0) is 13.8. The number of aromatic nitrogens is 3. The molecule has 0 saturated carbocycles. The van der Waals surface area contributed by atoms with Crippen molar-refractivity contribution < 1.29 is 0 Å². The van der Waals surface area contributed by atoms with E-state index in [-0.39, 0.29) is 5.41 Å². The molecule has 102 valence electrons. The Morgan fingerprint density at radius 1 is 1.00 bits per heavy atom. The van der Waals surface area contributed by atoms with Gasteiger partial charge in [-0.05, 0) is 12.3 Å². The topological polar surface area (TPSA) is 66.0 Å². The fourth-order valence-corrected chi connectivity index (χ4v) is 1.23. The Bertz CT molecular complexity index is 383. The Labute approximate surface area is 109 Å². The third-order valence-corrected chi connectivity index (χ3v) is 2.14. The van der Waals surface area contributed by atoms with Gasteiger partial charge in [-0.2, -0.15) is 15.0 Å². The van der Waals surface area contributed by atoms with Crippen molar-refractivity contribution in [3.63, 3.8) is 0 Å². The zero-order valence-electron chi connectivity index (χ0n) is 12.2. The van der Waals surface area contributed by atoms with Crippen LogP contribution < -0.4 is 15.5 Å². The first-order valence-corrected chi connectivity index (χ1v) is 6.23. The van der Waals surface area contributed by atoms with Crippen molar-refractivity contribution in [3.05, 3.63) is 0 Å². The molecule has 2 N–H and O–H groups in total. The Hall–Kier alpha value is -1.59. The Morgan fingerprint density at radius 3 is 2.00 bits per heavy atom. The highest BCUT2D eigenvalue weighted by atomic mass is 15.3. The summed E-state index contributed by atoms with van der Waals surface area (Å²) < 4.78 is 0. The van der Waals surface area contributed by atoms with Crippen LogP contribution in [0, 0.1) is 5.41 Å². The fraction of sp³-hybridized carbons (Fsp3) is 0.750. The lowest BCUT2D eigenvalue weighted by molar-refractivity contribution is 0.441. The van der Waals surface area contributed by atoms with Gasteiger partial charge in [0.05, 0.1) is 0 Å². The molecule has 0 aliphatic rings. The number of anilines is 3. The maximum absolute atomic E-state index is 4.37. The minimum absolute atomic E-state index is 0.184. The van der Waals surface area contributed by atoms with Crippen LogP contribution in [0.15, 0.2) is 0 Å². The molecule has 18 heavy (non-hydrogen) atoms. The molecule has 0 aliphatic carbocycles. The molecule has 0 atom stereocenters. The molecule has 0 aromatic carbocycles. The van der Waals surface area contributed by atoms with Crippen molar-refractivity contribution in [3.8, 4) is 0 Å². The van der Waals surface area contributed by atoms with Crippen LogP contribution in [0.2, 0.25) is 0 Å². The lowest BCUT2D eigenvalue weighted by Crippen LogP contribution is -2.22. The molecular formula is C12H24N6. The Balaban J connectivity index is 2.89. The molecule has 0 unspecified atom stereocenters. The van der Waals surface area contributed by atoms with E-state index in [2.05, 4.69) is 46.4 Å². The Kier molecular flexibility index (Phi) is 4.69. The molecule has 6 nitrogen and oxygen atoms in total. The van der Waals surface area contributed by atoms with Crippen LogP contribution in [0.5, 0.6) is 0 Å². The van der Waals surface area contributed by atoms with Gasteiger partial charge in [0.25, 0.3) is 0 Å². The van der Waals surface area contributed by atoms with Crippen molar-refractivity contribution in [2.45, 2.75) is 27.7 Å². The van der Waals surface area contributed by atoms with Gasteiger partial charge in [-0.25, -0.2) is 0 Å². The van der Waals surface area contributed by atoms with Gasteiger partial charge in [0.1, 0.15) is 0 Å². The quantitative estimate of drug-likeness (QED) is 0.833. The maximum atomic E-state index is 4.37. The third kappa shape index (κ3) is 4.73. The summed E-state index contributed by atoms with van der Waals surface area (Å²) in [5.74, 6) is 1.87. The average molecular weight is 252 g/mol. The van der Waals surface area contributed by atoms with Crippen LogP contribution in [-0.4, -0.2) is 42.1 Å². The number of nitrogens with zero attached hydrogens (tertiary/aromatic N) is 4. The van der Waals surface area contributed by atoms with E-state index >= 15 is 0 Å². The predicted molar refractivity (Wildman–Crippen MR) is 76.3 cm³/mol. The Morgan fingerprint density at radius 2 is 1.56 bits per heavy atom. The highest BCUT2D eigenvalue weighted by Crippen LogP contribution is 2.15. The van der Waals surface area contributed by atoms with E-state index in [0.29, 0.717) is 17.8 Å². The molecule has 0 spiro atoms. The molecule has 0 radical (unpaired) electrons. The van der Waals surface area contributed by atoms with Crippen molar-refractivity contribution in [1.82, 2.24) is 15.0 Å². The smallest absolute Gasteiger partial charge is 0.231 e. The molecule has 1 heterocycles. The second kappa shape index (κ2) is 5.84. The van der Waals surface area contributed by atoms with Crippen LogP contribution in [0.1, 0.15) is 27.7 Å². The fourth-order valence-electron chi connectivity index (χ4n) is 1.23. The summed E-state index contributed by atoms with van der Waals surface area (Å²) in [4.78, 5) is 14.9. The molecule has 6 heteroatoms. The number of nitrogens with one attached hydrogen (secondary N) is 2. The van der Waals surface area contributed by atoms with Crippen LogP contribution in [0.25, 0.3) is 0 Å². The van der Waals surface area contributed by atoms with Gasteiger partial charge in [0.2, 0.25) is 17.8 Å². The summed E-state index contributed by atoms with van der Waals surface area (Å²) in [5.41, 5.74) is 0.184. The van der Waals surface area contributed by atoms with E-state index in [9.17, 15) is 0 Å². The van der Waals surface area contributed by atoms with Gasteiger partial charge >= 0.3 is 0 Å². The molecular weight excluding hydrogens is 228 g/mol. The van der Waals surface area contributed by atoms with E-state index in [0.717, 1.165) is 13.1 Å². The first-order valence-electron chi connectivity index (χ1n) is 6.23. The monoisotopic (exact) mass is 252 g/mol. The van der Waals surface area contributed by atoms with Crippen molar-refractivity contribution >= 4 is 17.8 Å². The normalized spacial score (nSPS) is 11.2. The number of rotatable bonds is 5. The molecule has 0 saturated heterocycles. The summed E-state index contributed by atoms with van der Waals surface area (Å²) in [7, 11) is 3.83. The third-order valence-electron chi connectivity index (χ3n) is 2.14. The first-order chi connectivity index (χ1) is 8.31. The van der Waals surface area contributed by atoms with Gasteiger partial charge in [-0.3, -0.25) is 0 Å². The van der Waals surface area contributed by atoms with Gasteiger partial charge in [0, 0.05) is 27.2 Å². The molecule has 1 aromatic rings. The van der Waals surface area contributed by atoms with Crippen LogP contribution in [0.4, 0.5) is 17.8 Å². The first kappa shape index (κ1) is 14.5. The zero-order valence-corrected chi connectivity index (χ0v) is 12.2. The largest absolute Gasteiger partial charge is 0.354 e. The predicted octanol–water partition coefficient (Wildman–Crippen LogP) is 1.83. The molecule has 1 aromatic heterocycles. The van der Waals surface area contributed by atoms with Crippen molar-refractivity contribution in [2.24, 2.45) is 5.41 Å². The standard InChI is InChI=1S/C12H24N6/c1-7-13-9-15-10(14-8-12(2,3)4)17-11(16-9)18(5)6/h7-8H2,1-6H3,(H2,13,14,15,16,17). The number of hydrogen-bond donors (Lipinski definition) is 2. The lowest BCUT2D eigenvalue weighted by atomic mass is 9.97. The minimum atomic E-state index is 0.184. The van der Waals surface area contributed by atoms with E-state index in [1.54, 1.807) is 0 Å². The van der Waals surface area contributed by atoms with Crippen LogP contribution >= 0.6 is 0 Å². The minimum Gasteiger partial charge on any atom is -0.354 e. The van der Waals surface area contributed by atoms with E-state index < -0.39 is 0 Å². The lowest BCUT2D eigenvalue weighted by Gasteiger charge is -2.19. The van der Waals surface area contributed by atoms with Crippen molar-refractivity contribution in [2.75, 3.05) is 42.7 Å². The molecule has 0 aliphatic heterocycles. The second-order valence-corrected chi connectivity index (χ2v) is 5.62. The SMILES string of the molecule is CCNc1nc(NCC(C)(C)C)nc(N(C)C)n1. The molecule has 0 bridgehead atoms. The summed E-state index contributed by atoms with van der Waals surface area (Å²) in [6.45, 7) is 10.1. The molecule has 1 rings (SSSR count). The van der Waals surface area contributed by atoms with Gasteiger partial charge in [-0.15, -0.1) is 0 Å².